The van der Waals surface area contributed by atoms with Crippen LogP contribution in [0.25, 0.3) is 0 Å². The van der Waals surface area contributed by atoms with Crippen molar-refractivity contribution in [1.82, 2.24) is 4.90 Å². The Hall–Kier alpha value is -0.370. The van der Waals surface area contributed by atoms with Gasteiger partial charge in [-0.25, -0.2) is 0 Å². The molecule has 1 heterocycles. The predicted molar refractivity (Wildman–Crippen MR) is 54.8 cm³/mol. The number of carbonyl (C=O) groups is 1. The van der Waals surface area contributed by atoms with Gasteiger partial charge in [0.05, 0.1) is 6.04 Å². The lowest BCUT2D eigenvalue weighted by Crippen LogP contribution is -2.40. The summed E-state index contributed by atoms with van der Waals surface area (Å²) in [7, 11) is 0. The van der Waals surface area contributed by atoms with Gasteiger partial charge in [0.25, 0.3) is 0 Å². The standard InChI is InChI=1S/C11H21NO/c1-4-6-11(13)10-7-5-8-12(10)9(2)3/h9-10H,4-8H2,1-3H3. The Labute approximate surface area is 81.3 Å². The molecular formula is C11H21NO. The SMILES string of the molecule is CCCC(=O)C1CCCN1C(C)C. The van der Waals surface area contributed by atoms with Crippen molar-refractivity contribution in [3.63, 3.8) is 0 Å². The van der Waals surface area contributed by atoms with Gasteiger partial charge in [-0.15, -0.1) is 0 Å². The van der Waals surface area contributed by atoms with Crippen LogP contribution >= 0.6 is 0 Å². The number of nitrogens with zero attached hydrogens (tertiary/aromatic N) is 1. The fourth-order valence-electron chi connectivity index (χ4n) is 2.17. The Bertz CT molecular complexity index is 177. The molecule has 0 amide bonds. The first-order valence-corrected chi connectivity index (χ1v) is 5.45. The Balaban J connectivity index is 2.52. The summed E-state index contributed by atoms with van der Waals surface area (Å²) in [6.45, 7) is 7.54. The van der Waals surface area contributed by atoms with E-state index in [1.807, 2.05) is 0 Å². The van der Waals surface area contributed by atoms with E-state index in [4.69, 9.17) is 0 Å². The molecule has 0 bridgehead atoms. The van der Waals surface area contributed by atoms with Gasteiger partial charge in [0, 0.05) is 12.5 Å². The van der Waals surface area contributed by atoms with Crippen molar-refractivity contribution in [3.05, 3.63) is 0 Å². The molecule has 1 rings (SSSR count). The van der Waals surface area contributed by atoms with Crippen molar-refractivity contribution in [1.29, 1.82) is 0 Å². The number of rotatable bonds is 4. The third kappa shape index (κ3) is 2.53. The van der Waals surface area contributed by atoms with Crippen LogP contribution in [0.2, 0.25) is 0 Å². The van der Waals surface area contributed by atoms with E-state index in [-0.39, 0.29) is 6.04 Å². The molecule has 13 heavy (non-hydrogen) atoms. The van der Waals surface area contributed by atoms with Crippen LogP contribution in [0, 0.1) is 0 Å². The zero-order valence-electron chi connectivity index (χ0n) is 9.05. The van der Waals surface area contributed by atoms with Crippen molar-refractivity contribution in [2.75, 3.05) is 6.54 Å². The van der Waals surface area contributed by atoms with E-state index in [0.29, 0.717) is 11.8 Å². The molecule has 76 valence electrons. The van der Waals surface area contributed by atoms with Crippen LogP contribution in [0.5, 0.6) is 0 Å². The first-order chi connectivity index (χ1) is 6.16. The number of Topliss-reactive ketones (excluding diaryl/α,β-unsaturated/α-hetero) is 1. The second-order valence-electron chi connectivity index (χ2n) is 4.21. The maximum atomic E-state index is 11.7. The van der Waals surface area contributed by atoms with E-state index in [0.717, 1.165) is 25.8 Å². The summed E-state index contributed by atoms with van der Waals surface area (Å²) in [5.74, 6) is 0.453. The molecule has 1 aliphatic heterocycles. The van der Waals surface area contributed by atoms with Crippen molar-refractivity contribution in [2.24, 2.45) is 0 Å². The molecule has 1 aliphatic rings. The van der Waals surface area contributed by atoms with Gasteiger partial charge in [0.15, 0.2) is 0 Å². The molecule has 0 aromatic carbocycles. The number of hydrogen-bond donors (Lipinski definition) is 0. The van der Waals surface area contributed by atoms with Crippen LogP contribution in [-0.2, 0) is 4.79 Å². The Morgan fingerprint density at radius 3 is 2.77 bits per heavy atom. The average Bonchev–Trinajstić information content (AvgIpc) is 2.52. The number of ketones is 1. The maximum absolute atomic E-state index is 11.7. The lowest BCUT2D eigenvalue weighted by molar-refractivity contribution is -0.123. The van der Waals surface area contributed by atoms with E-state index in [2.05, 4.69) is 25.7 Å². The van der Waals surface area contributed by atoms with Crippen LogP contribution in [-0.4, -0.2) is 29.3 Å². The van der Waals surface area contributed by atoms with Crippen molar-refractivity contribution in [3.8, 4) is 0 Å². The van der Waals surface area contributed by atoms with E-state index in [1.165, 1.54) is 6.42 Å². The Kier molecular flexibility index (Phi) is 3.91. The van der Waals surface area contributed by atoms with E-state index >= 15 is 0 Å². The smallest absolute Gasteiger partial charge is 0.149 e. The van der Waals surface area contributed by atoms with Gasteiger partial charge in [-0.1, -0.05) is 6.92 Å². The zero-order chi connectivity index (χ0) is 9.84. The molecule has 0 aromatic heterocycles. The summed E-state index contributed by atoms with van der Waals surface area (Å²) in [5.41, 5.74) is 0. The normalized spacial score (nSPS) is 24.2. The van der Waals surface area contributed by atoms with Crippen molar-refractivity contribution >= 4 is 5.78 Å². The lowest BCUT2D eigenvalue weighted by atomic mass is 10.1. The van der Waals surface area contributed by atoms with Crippen LogP contribution in [0.3, 0.4) is 0 Å². The van der Waals surface area contributed by atoms with Crippen LogP contribution in [0.4, 0.5) is 0 Å². The van der Waals surface area contributed by atoms with Gasteiger partial charge < -0.3 is 0 Å². The second kappa shape index (κ2) is 4.75. The van der Waals surface area contributed by atoms with Gasteiger partial charge in [-0.05, 0) is 39.7 Å². The number of hydrogen-bond acceptors (Lipinski definition) is 2. The topological polar surface area (TPSA) is 20.3 Å². The van der Waals surface area contributed by atoms with Crippen molar-refractivity contribution in [2.45, 2.75) is 58.5 Å². The lowest BCUT2D eigenvalue weighted by Gasteiger charge is -2.27. The summed E-state index contributed by atoms with van der Waals surface area (Å²) in [5, 5.41) is 0. The van der Waals surface area contributed by atoms with Crippen LogP contribution < -0.4 is 0 Å². The minimum Gasteiger partial charge on any atom is -0.298 e. The van der Waals surface area contributed by atoms with Gasteiger partial charge in [-0.2, -0.15) is 0 Å². The summed E-state index contributed by atoms with van der Waals surface area (Å²) >= 11 is 0. The highest BCUT2D eigenvalue weighted by Crippen LogP contribution is 2.21. The molecule has 0 aromatic rings. The summed E-state index contributed by atoms with van der Waals surface area (Å²) in [6.07, 6.45) is 4.02. The highest BCUT2D eigenvalue weighted by Gasteiger charge is 2.30. The molecule has 2 nitrogen and oxygen atoms in total. The molecule has 1 atom stereocenters. The van der Waals surface area contributed by atoms with Crippen LogP contribution in [0.1, 0.15) is 46.5 Å². The van der Waals surface area contributed by atoms with Crippen LogP contribution in [0.15, 0.2) is 0 Å². The van der Waals surface area contributed by atoms with Gasteiger partial charge in [0.1, 0.15) is 5.78 Å². The first-order valence-electron chi connectivity index (χ1n) is 5.45. The molecule has 0 spiro atoms. The molecule has 1 saturated heterocycles. The van der Waals surface area contributed by atoms with Gasteiger partial charge in [-0.3, -0.25) is 9.69 Å². The fraction of sp³-hybridized carbons (Fsp3) is 0.909. The maximum Gasteiger partial charge on any atom is 0.149 e. The monoisotopic (exact) mass is 183 g/mol. The summed E-state index contributed by atoms with van der Waals surface area (Å²) < 4.78 is 0. The van der Waals surface area contributed by atoms with E-state index in [1.54, 1.807) is 0 Å². The molecule has 2 heteroatoms. The molecule has 1 unspecified atom stereocenters. The van der Waals surface area contributed by atoms with E-state index in [9.17, 15) is 4.79 Å². The van der Waals surface area contributed by atoms with Gasteiger partial charge >= 0.3 is 0 Å². The van der Waals surface area contributed by atoms with E-state index < -0.39 is 0 Å². The highest BCUT2D eigenvalue weighted by molar-refractivity contribution is 5.84. The second-order valence-corrected chi connectivity index (χ2v) is 4.21. The highest BCUT2D eigenvalue weighted by atomic mass is 16.1. The minimum atomic E-state index is 0.236. The predicted octanol–water partition coefficient (Wildman–Crippen LogP) is 2.23. The summed E-state index contributed by atoms with van der Waals surface area (Å²) in [6, 6.07) is 0.758. The third-order valence-corrected chi connectivity index (χ3v) is 2.83. The molecule has 0 aliphatic carbocycles. The third-order valence-electron chi connectivity index (χ3n) is 2.83. The van der Waals surface area contributed by atoms with Crippen molar-refractivity contribution < 1.29 is 4.79 Å². The number of carbonyl (C=O) groups excluding carboxylic acids is 1. The summed E-state index contributed by atoms with van der Waals surface area (Å²) in [4.78, 5) is 14.1. The first kappa shape index (κ1) is 10.7. The largest absolute Gasteiger partial charge is 0.298 e. The minimum absolute atomic E-state index is 0.236. The number of likely N-dealkylation sites (tertiary alicyclic amines) is 1. The molecule has 1 fully saturated rings. The zero-order valence-corrected chi connectivity index (χ0v) is 9.05. The Morgan fingerprint density at radius 2 is 2.23 bits per heavy atom. The molecular weight excluding hydrogens is 162 g/mol. The average molecular weight is 183 g/mol. The van der Waals surface area contributed by atoms with Gasteiger partial charge in [0.2, 0.25) is 0 Å². The molecule has 0 N–H and O–H groups in total. The molecule has 0 radical (unpaired) electrons. The molecule has 0 saturated carbocycles. The quantitative estimate of drug-likeness (QED) is 0.666. The Morgan fingerprint density at radius 1 is 1.54 bits per heavy atom. The fourth-order valence-corrected chi connectivity index (χ4v) is 2.17.